The third-order valence-corrected chi connectivity index (χ3v) is 5.77. The molecule has 0 atom stereocenters. The van der Waals surface area contributed by atoms with Crippen LogP contribution in [0.2, 0.25) is 10.0 Å². The molecule has 1 heterocycles. The molecular weight excluding hydrogens is 459 g/mol. The third-order valence-electron chi connectivity index (χ3n) is 4.30. The number of halogens is 2. The molecule has 1 aliphatic heterocycles. The lowest BCUT2D eigenvalue weighted by Crippen LogP contribution is -2.36. The number of benzene rings is 2. The summed E-state index contributed by atoms with van der Waals surface area (Å²) >= 11 is 12.8. The van der Waals surface area contributed by atoms with Gasteiger partial charge in [0, 0.05) is 29.2 Å². The summed E-state index contributed by atoms with van der Waals surface area (Å²) in [6.45, 7) is 0.206. The van der Waals surface area contributed by atoms with Crippen molar-refractivity contribution >= 4 is 64.2 Å². The number of imide groups is 1. The Morgan fingerprint density at radius 2 is 1.90 bits per heavy atom. The minimum Gasteiger partial charge on any atom is -0.497 e. The van der Waals surface area contributed by atoms with Gasteiger partial charge in [0.2, 0.25) is 5.91 Å². The van der Waals surface area contributed by atoms with Gasteiger partial charge in [-0.05, 0) is 59.3 Å². The Hall–Kier alpha value is -2.74. The Morgan fingerprint density at radius 3 is 2.58 bits per heavy atom. The fourth-order valence-corrected chi connectivity index (χ4v) is 4.03. The Labute approximate surface area is 193 Å². The van der Waals surface area contributed by atoms with E-state index >= 15 is 0 Å². The van der Waals surface area contributed by atoms with Crippen LogP contribution in [0.5, 0.6) is 5.75 Å². The van der Waals surface area contributed by atoms with Crippen LogP contribution < -0.4 is 10.1 Å². The van der Waals surface area contributed by atoms with Gasteiger partial charge in [0.15, 0.2) is 0 Å². The number of nitrogens with zero attached hydrogens (tertiary/aromatic N) is 1. The van der Waals surface area contributed by atoms with Gasteiger partial charge in [0.25, 0.3) is 11.1 Å². The molecule has 0 aromatic heterocycles. The van der Waals surface area contributed by atoms with Crippen molar-refractivity contribution in [2.24, 2.45) is 0 Å². The fraction of sp³-hybridized carbons (Fsp3) is 0.136. The molecule has 0 spiro atoms. The van der Waals surface area contributed by atoms with Gasteiger partial charge in [0.1, 0.15) is 5.75 Å². The lowest BCUT2D eigenvalue weighted by atomic mass is 10.2. The second kappa shape index (κ2) is 10.5. The summed E-state index contributed by atoms with van der Waals surface area (Å²) in [4.78, 5) is 38.2. The molecule has 2 aromatic carbocycles. The quantitative estimate of drug-likeness (QED) is 0.576. The second-order valence-corrected chi connectivity index (χ2v) is 8.23. The smallest absolute Gasteiger partial charge is 0.293 e. The van der Waals surface area contributed by atoms with E-state index in [1.54, 1.807) is 61.7 Å². The summed E-state index contributed by atoms with van der Waals surface area (Å²) in [7, 11) is 1.57. The van der Waals surface area contributed by atoms with E-state index in [4.69, 9.17) is 27.9 Å². The molecular formula is C22H18Cl2N2O4S. The van der Waals surface area contributed by atoms with Crippen LogP contribution in [0.1, 0.15) is 11.1 Å². The minimum atomic E-state index is -0.386. The first-order valence-electron chi connectivity index (χ1n) is 9.18. The topological polar surface area (TPSA) is 75.7 Å². The summed E-state index contributed by atoms with van der Waals surface area (Å²) < 4.78 is 5.10. The average Bonchev–Trinajstić information content (AvgIpc) is 3.01. The number of rotatable bonds is 7. The van der Waals surface area contributed by atoms with Crippen LogP contribution in [0.25, 0.3) is 12.2 Å². The van der Waals surface area contributed by atoms with E-state index in [1.165, 1.54) is 6.08 Å². The van der Waals surface area contributed by atoms with Crippen LogP contribution in [-0.4, -0.2) is 42.2 Å². The molecule has 31 heavy (non-hydrogen) atoms. The molecule has 0 saturated carbocycles. The van der Waals surface area contributed by atoms with Crippen LogP contribution in [0, 0.1) is 0 Å². The van der Waals surface area contributed by atoms with Gasteiger partial charge in [-0.15, -0.1) is 0 Å². The van der Waals surface area contributed by atoms with Crippen molar-refractivity contribution in [2.45, 2.75) is 0 Å². The van der Waals surface area contributed by atoms with E-state index in [9.17, 15) is 14.4 Å². The zero-order valence-corrected chi connectivity index (χ0v) is 18.8. The third kappa shape index (κ3) is 6.13. The van der Waals surface area contributed by atoms with Crippen molar-refractivity contribution in [3.63, 3.8) is 0 Å². The molecule has 6 nitrogen and oxygen atoms in total. The van der Waals surface area contributed by atoms with E-state index in [1.807, 2.05) is 0 Å². The lowest BCUT2D eigenvalue weighted by Gasteiger charge is -2.12. The summed E-state index contributed by atoms with van der Waals surface area (Å²) in [5, 5.41) is 3.21. The molecule has 9 heteroatoms. The van der Waals surface area contributed by atoms with E-state index < -0.39 is 0 Å². The Kier molecular flexibility index (Phi) is 7.79. The normalized spacial score (nSPS) is 15.2. The van der Waals surface area contributed by atoms with E-state index in [0.29, 0.717) is 26.3 Å². The molecule has 1 fully saturated rings. The van der Waals surface area contributed by atoms with Crippen molar-refractivity contribution in [2.75, 3.05) is 20.2 Å². The zero-order chi connectivity index (χ0) is 22.4. The average molecular weight is 477 g/mol. The number of amides is 3. The van der Waals surface area contributed by atoms with Gasteiger partial charge < -0.3 is 10.1 Å². The van der Waals surface area contributed by atoms with Gasteiger partial charge in [-0.2, -0.15) is 0 Å². The fourth-order valence-electron chi connectivity index (χ4n) is 2.70. The number of hydrogen-bond donors (Lipinski definition) is 1. The highest BCUT2D eigenvalue weighted by molar-refractivity contribution is 8.18. The van der Waals surface area contributed by atoms with Gasteiger partial charge in [-0.1, -0.05) is 41.4 Å². The number of ether oxygens (including phenoxy) is 1. The Balaban J connectivity index is 1.53. The molecule has 3 amide bonds. The molecule has 0 unspecified atom stereocenters. The number of carbonyl (C=O) groups is 3. The van der Waals surface area contributed by atoms with Gasteiger partial charge in [-0.25, -0.2) is 0 Å². The SMILES string of the molecule is COc1ccc(/C=C2\SC(=O)N(CCNC(=O)/C=C/c3ccc(Cl)cc3Cl)C2=O)cc1. The van der Waals surface area contributed by atoms with E-state index in [2.05, 4.69) is 5.32 Å². The van der Waals surface area contributed by atoms with Crippen molar-refractivity contribution < 1.29 is 19.1 Å². The van der Waals surface area contributed by atoms with Crippen LogP contribution in [0.4, 0.5) is 4.79 Å². The number of carbonyl (C=O) groups excluding carboxylic acids is 3. The maximum atomic E-state index is 12.5. The first kappa shape index (κ1) is 22.9. The molecule has 1 N–H and O–H groups in total. The van der Waals surface area contributed by atoms with Crippen LogP contribution in [0.15, 0.2) is 53.4 Å². The standard InChI is InChI=1S/C22H18Cl2N2O4S/c1-30-17-7-2-14(3-8-17)12-19-21(28)26(22(29)31-19)11-10-25-20(27)9-5-15-4-6-16(23)13-18(15)24/h2-9,12-13H,10-11H2,1H3,(H,25,27)/b9-5+,19-12-. The molecule has 1 aliphatic rings. The molecule has 2 aromatic rings. The lowest BCUT2D eigenvalue weighted by molar-refractivity contribution is -0.123. The van der Waals surface area contributed by atoms with Gasteiger partial charge >= 0.3 is 0 Å². The van der Waals surface area contributed by atoms with Crippen molar-refractivity contribution in [1.29, 1.82) is 0 Å². The highest BCUT2D eigenvalue weighted by Crippen LogP contribution is 2.32. The summed E-state index contributed by atoms with van der Waals surface area (Å²) in [6, 6.07) is 12.1. The van der Waals surface area contributed by atoms with E-state index in [-0.39, 0.29) is 30.1 Å². The van der Waals surface area contributed by atoms with Gasteiger partial charge in [0.05, 0.1) is 12.0 Å². The Morgan fingerprint density at radius 1 is 1.16 bits per heavy atom. The molecule has 0 aliphatic carbocycles. The predicted molar refractivity (Wildman–Crippen MR) is 124 cm³/mol. The van der Waals surface area contributed by atoms with Crippen molar-refractivity contribution in [3.05, 3.63) is 74.6 Å². The van der Waals surface area contributed by atoms with Gasteiger partial charge in [-0.3, -0.25) is 19.3 Å². The number of methoxy groups -OCH3 is 1. The summed E-state index contributed by atoms with van der Waals surface area (Å²) in [6.07, 6.45) is 4.54. The minimum absolute atomic E-state index is 0.0753. The largest absolute Gasteiger partial charge is 0.497 e. The van der Waals surface area contributed by atoms with Crippen LogP contribution in [-0.2, 0) is 9.59 Å². The predicted octanol–water partition coefficient (Wildman–Crippen LogP) is 4.87. The molecule has 160 valence electrons. The van der Waals surface area contributed by atoms with E-state index in [0.717, 1.165) is 22.2 Å². The van der Waals surface area contributed by atoms with Crippen molar-refractivity contribution in [3.8, 4) is 5.75 Å². The molecule has 0 bridgehead atoms. The number of thioether (sulfide) groups is 1. The maximum absolute atomic E-state index is 12.5. The summed E-state index contributed by atoms with van der Waals surface area (Å²) in [5.74, 6) is -0.0521. The number of nitrogens with one attached hydrogen (secondary N) is 1. The van der Waals surface area contributed by atoms with Crippen LogP contribution in [0.3, 0.4) is 0 Å². The first-order chi connectivity index (χ1) is 14.9. The molecule has 3 rings (SSSR count). The zero-order valence-electron chi connectivity index (χ0n) is 16.4. The monoisotopic (exact) mass is 476 g/mol. The highest BCUT2D eigenvalue weighted by atomic mass is 35.5. The molecule has 0 radical (unpaired) electrons. The second-order valence-electron chi connectivity index (χ2n) is 6.40. The summed E-state index contributed by atoms with van der Waals surface area (Å²) in [5.41, 5.74) is 1.43. The maximum Gasteiger partial charge on any atom is 0.293 e. The molecule has 1 saturated heterocycles. The van der Waals surface area contributed by atoms with Crippen LogP contribution >= 0.6 is 35.0 Å². The first-order valence-corrected chi connectivity index (χ1v) is 10.7. The Bertz CT molecular complexity index is 1070. The van der Waals surface area contributed by atoms with Crippen molar-refractivity contribution in [1.82, 2.24) is 10.2 Å². The highest BCUT2D eigenvalue weighted by Gasteiger charge is 2.34. The number of hydrogen-bond acceptors (Lipinski definition) is 5.